The summed E-state index contributed by atoms with van der Waals surface area (Å²) in [6, 6.07) is 0. The minimum Gasteiger partial charge on any atom is -0.207 e. The second-order valence-electron chi connectivity index (χ2n) is 4.68. The van der Waals surface area contributed by atoms with Gasteiger partial charge in [-0.1, -0.05) is 11.6 Å². The highest BCUT2D eigenvalue weighted by Gasteiger charge is 2.38. The van der Waals surface area contributed by atoms with E-state index in [-0.39, 0.29) is 18.8 Å². The molecule has 0 aromatic heterocycles. The smallest absolute Gasteiger partial charge is 0.207 e. The van der Waals surface area contributed by atoms with Crippen molar-refractivity contribution < 1.29 is 8.78 Å². The number of alkyl halides is 2. The molecule has 0 bridgehead atoms. The Morgan fingerprint density at radius 3 is 2.64 bits per heavy atom. The van der Waals surface area contributed by atoms with Crippen molar-refractivity contribution >= 4 is 0 Å². The Morgan fingerprint density at radius 1 is 1.43 bits per heavy atom. The van der Waals surface area contributed by atoms with Gasteiger partial charge in [0.15, 0.2) is 0 Å². The minimum atomic E-state index is -2.36. The SMILES string of the molecule is CC(C)=CCCCC1CCC(F)(F)C1. The van der Waals surface area contributed by atoms with Crippen LogP contribution in [0.15, 0.2) is 11.6 Å². The number of rotatable bonds is 4. The Bertz CT molecular complexity index is 202. The number of allylic oxidation sites excluding steroid dienone is 2. The highest BCUT2D eigenvalue weighted by atomic mass is 19.3. The van der Waals surface area contributed by atoms with E-state index < -0.39 is 5.92 Å². The van der Waals surface area contributed by atoms with Gasteiger partial charge in [0.25, 0.3) is 0 Å². The fourth-order valence-electron chi connectivity index (χ4n) is 2.09. The standard InChI is InChI=1S/C12H20F2/c1-10(2)5-3-4-6-11-7-8-12(13,14)9-11/h5,11H,3-4,6-9H2,1-2H3. The zero-order chi connectivity index (χ0) is 10.6. The Hall–Kier alpha value is -0.400. The van der Waals surface area contributed by atoms with Gasteiger partial charge in [-0.2, -0.15) is 0 Å². The van der Waals surface area contributed by atoms with Crippen molar-refractivity contribution in [3.8, 4) is 0 Å². The maximum Gasteiger partial charge on any atom is 0.248 e. The van der Waals surface area contributed by atoms with Crippen molar-refractivity contribution in [3.63, 3.8) is 0 Å². The summed E-state index contributed by atoms with van der Waals surface area (Å²) >= 11 is 0. The van der Waals surface area contributed by atoms with Gasteiger partial charge in [0.2, 0.25) is 5.92 Å². The zero-order valence-corrected chi connectivity index (χ0v) is 9.15. The third-order valence-corrected chi connectivity index (χ3v) is 2.87. The monoisotopic (exact) mass is 202 g/mol. The molecule has 1 fully saturated rings. The van der Waals surface area contributed by atoms with E-state index in [0.29, 0.717) is 0 Å². The molecule has 82 valence electrons. The van der Waals surface area contributed by atoms with Gasteiger partial charge in [-0.15, -0.1) is 0 Å². The summed E-state index contributed by atoms with van der Waals surface area (Å²) in [5.74, 6) is -2.09. The Kier molecular flexibility index (Phi) is 4.09. The Labute approximate surface area is 85.4 Å². The van der Waals surface area contributed by atoms with Crippen LogP contribution in [0.1, 0.15) is 52.4 Å². The molecule has 0 radical (unpaired) electrons. The second kappa shape index (κ2) is 4.90. The van der Waals surface area contributed by atoms with E-state index >= 15 is 0 Å². The van der Waals surface area contributed by atoms with Gasteiger partial charge in [-0.25, -0.2) is 8.78 Å². The number of halogens is 2. The van der Waals surface area contributed by atoms with Crippen LogP contribution in [-0.2, 0) is 0 Å². The average Bonchev–Trinajstić information content (AvgIpc) is 2.39. The van der Waals surface area contributed by atoms with E-state index in [1.165, 1.54) is 5.57 Å². The van der Waals surface area contributed by atoms with Gasteiger partial charge in [-0.05, 0) is 45.4 Å². The van der Waals surface area contributed by atoms with E-state index in [2.05, 4.69) is 19.9 Å². The van der Waals surface area contributed by atoms with Crippen LogP contribution in [-0.4, -0.2) is 5.92 Å². The zero-order valence-electron chi connectivity index (χ0n) is 9.15. The summed E-state index contributed by atoms with van der Waals surface area (Å²) in [6.07, 6.45) is 6.23. The summed E-state index contributed by atoms with van der Waals surface area (Å²) in [6.45, 7) is 4.15. The van der Waals surface area contributed by atoms with Crippen LogP contribution in [0.4, 0.5) is 8.78 Å². The lowest BCUT2D eigenvalue weighted by atomic mass is 10.00. The first kappa shape index (κ1) is 11.7. The molecule has 0 amide bonds. The van der Waals surface area contributed by atoms with E-state index in [4.69, 9.17) is 0 Å². The van der Waals surface area contributed by atoms with Crippen LogP contribution in [0.5, 0.6) is 0 Å². The first-order valence-electron chi connectivity index (χ1n) is 5.51. The first-order valence-corrected chi connectivity index (χ1v) is 5.51. The molecular weight excluding hydrogens is 182 g/mol. The predicted molar refractivity (Wildman–Crippen MR) is 55.6 cm³/mol. The topological polar surface area (TPSA) is 0 Å². The molecule has 1 aliphatic carbocycles. The summed E-state index contributed by atoms with van der Waals surface area (Å²) in [5.41, 5.74) is 1.32. The highest BCUT2D eigenvalue weighted by Crippen LogP contribution is 2.40. The lowest BCUT2D eigenvalue weighted by Gasteiger charge is -2.09. The Morgan fingerprint density at radius 2 is 2.14 bits per heavy atom. The summed E-state index contributed by atoms with van der Waals surface area (Å²) in [5, 5.41) is 0. The van der Waals surface area contributed by atoms with Crippen molar-refractivity contribution in [2.75, 3.05) is 0 Å². The van der Waals surface area contributed by atoms with Gasteiger partial charge in [0, 0.05) is 12.8 Å². The lowest BCUT2D eigenvalue weighted by molar-refractivity contribution is 0.00466. The average molecular weight is 202 g/mol. The van der Waals surface area contributed by atoms with Crippen LogP contribution >= 0.6 is 0 Å². The predicted octanol–water partition coefficient (Wildman–Crippen LogP) is 4.56. The van der Waals surface area contributed by atoms with E-state index in [1.807, 2.05) is 0 Å². The molecule has 1 aliphatic rings. The van der Waals surface area contributed by atoms with Crippen molar-refractivity contribution in [2.24, 2.45) is 5.92 Å². The summed E-state index contributed by atoms with van der Waals surface area (Å²) < 4.78 is 25.6. The molecule has 0 aliphatic heterocycles. The van der Waals surface area contributed by atoms with Crippen LogP contribution in [0.2, 0.25) is 0 Å². The van der Waals surface area contributed by atoms with E-state index in [1.54, 1.807) is 0 Å². The largest absolute Gasteiger partial charge is 0.248 e. The molecule has 14 heavy (non-hydrogen) atoms. The van der Waals surface area contributed by atoms with Crippen LogP contribution < -0.4 is 0 Å². The van der Waals surface area contributed by atoms with E-state index in [9.17, 15) is 8.78 Å². The maximum atomic E-state index is 12.8. The molecular formula is C12H20F2. The fourth-order valence-corrected chi connectivity index (χ4v) is 2.09. The third kappa shape index (κ3) is 4.21. The molecule has 0 saturated heterocycles. The van der Waals surface area contributed by atoms with Gasteiger partial charge in [-0.3, -0.25) is 0 Å². The summed E-state index contributed by atoms with van der Waals surface area (Å²) in [4.78, 5) is 0. The molecule has 1 atom stereocenters. The maximum absolute atomic E-state index is 12.8. The van der Waals surface area contributed by atoms with E-state index in [0.717, 1.165) is 25.7 Å². The molecule has 2 heteroatoms. The fraction of sp³-hybridized carbons (Fsp3) is 0.833. The highest BCUT2D eigenvalue weighted by molar-refractivity contribution is 4.92. The number of hydrogen-bond donors (Lipinski definition) is 0. The first-order chi connectivity index (χ1) is 6.49. The molecule has 0 N–H and O–H groups in total. The van der Waals surface area contributed by atoms with Crippen LogP contribution in [0.3, 0.4) is 0 Å². The molecule has 0 aromatic rings. The second-order valence-corrected chi connectivity index (χ2v) is 4.68. The molecule has 0 aromatic carbocycles. The quantitative estimate of drug-likeness (QED) is 0.463. The third-order valence-electron chi connectivity index (χ3n) is 2.87. The van der Waals surface area contributed by atoms with Crippen molar-refractivity contribution in [3.05, 3.63) is 11.6 Å². The molecule has 1 unspecified atom stereocenters. The lowest BCUT2D eigenvalue weighted by Crippen LogP contribution is -2.09. The molecule has 0 nitrogen and oxygen atoms in total. The van der Waals surface area contributed by atoms with Crippen molar-refractivity contribution in [1.82, 2.24) is 0 Å². The van der Waals surface area contributed by atoms with Crippen LogP contribution in [0, 0.1) is 5.92 Å². The van der Waals surface area contributed by atoms with Gasteiger partial charge >= 0.3 is 0 Å². The van der Waals surface area contributed by atoms with Crippen LogP contribution in [0.25, 0.3) is 0 Å². The molecule has 1 rings (SSSR count). The Balaban J connectivity index is 2.12. The minimum absolute atomic E-state index is 0.111. The van der Waals surface area contributed by atoms with Crippen molar-refractivity contribution in [2.45, 2.75) is 58.3 Å². The van der Waals surface area contributed by atoms with Gasteiger partial charge in [0.05, 0.1) is 0 Å². The van der Waals surface area contributed by atoms with Gasteiger partial charge < -0.3 is 0 Å². The number of unbranched alkanes of at least 4 members (excludes halogenated alkanes) is 1. The summed E-state index contributed by atoms with van der Waals surface area (Å²) in [7, 11) is 0. The molecule has 1 saturated carbocycles. The number of hydrogen-bond acceptors (Lipinski definition) is 0. The van der Waals surface area contributed by atoms with Crippen molar-refractivity contribution in [1.29, 1.82) is 0 Å². The molecule has 0 spiro atoms. The normalized spacial score (nSPS) is 25.0. The molecule has 0 heterocycles. The van der Waals surface area contributed by atoms with Gasteiger partial charge in [0.1, 0.15) is 0 Å².